The molecule has 3 aromatic rings. The van der Waals surface area contributed by atoms with Crippen molar-refractivity contribution in [1.82, 2.24) is 25.1 Å². The van der Waals surface area contributed by atoms with Crippen LogP contribution in [0.1, 0.15) is 36.4 Å². The molecular weight excluding hydrogens is 410 g/mol. The standard InChI is InChI=1S/C23H27N5O2S/c1-15-26-27-23(31-15)21-11-17-10-19(24-13-18(17)14-25-21)12-22(29)16-2-4-20(5-3-16)28-6-8-30-9-7-28/h10-11,13-14,16,20H,2-9,12H2,1H3. The van der Waals surface area contributed by atoms with E-state index in [1.54, 1.807) is 0 Å². The first-order valence-corrected chi connectivity index (χ1v) is 11.9. The predicted molar refractivity (Wildman–Crippen MR) is 120 cm³/mol. The Morgan fingerprint density at radius 2 is 1.84 bits per heavy atom. The van der Waals surface area contributed by atoms with Gasteiger partial charge in [0.2, 0.25) is 0 Å². The zero-order chi connectivity index (χ0) is 21.2. The Labute approximate surface area is 185 Å². The molecule has 0 unspecified atom stereocenters. The molecule has 0 spiro atoms. The number of hydrogen-bond acceptors (Lipinski definition) is 8. The lowest BCUT2D eigenvalue weighted by molar-refractivity contribution is -0.123. The second kappa shape index (κ2) is 9.06. The van der Waals surface area contributed by atoms with Crippen LogP contribution in [0.25, 0.3) is 21.5 Å². The van der Waals surface area contributed by atoms with E-state index in [9.17, 15) is 4.79 Å². The van der Waals surface area contributed by atoms with Crippen molar-refractivity contribution in [2.75, 3.05) is 26.3 Å². The lowest BCUT2D eigenvalue weighted by Gasteiger charge is -2.38. The number of fused-ring (bicyclic) bond motifs is 1. The molecule has 5 rings (SSSR count). The SMILES string of the molecule is Cc1nnc(-c2cc3cc(CC(=O)C4CCC(N5CCOCC5)CC4)ncc3cn2)s1. The molecule has 1 aliphatic heterocycles. The fourth-order valence-corrected chi connectivity index (χ4v) is 5.39. The smallest absolute Gasteiger partial charge is 0.166 e. The van der Waals surface area contributed by atoms with Gasteiger partial charge < -0.3 is 4.74 Å². The van der Waals surface area contributed by atoms with E-state index in [4.69, 9.17) is 4.74 Å². The van der Waals surface area contributed by atoms with Crippen LogP contribution < -0.4 is 0 Å². The molecule has 1 saturated carbocycles. The van der Waals surface area contributed by atoms with Crippen molar-refractivity contribution in [3.05, 3.63) is 35.2 Å². The van der Waals surface area contributed by atoms with Crippen molar-refractivity contribution in [1.29, 1.82) is 0 Å². The maximum Gasteiger partial charge on any atom is 0.166 e. The van der Waals surface area contributed by atoms with Gasteiger partial charge in [-0.05, 0) is 50.1 Å². The van der Waals surface area contributed by atoms with E-state index >= 15 is 0 Å². The Morgan fingerprint density at radius 1 is 1.06 bits per heavy atom. The van der Waals surface area contributed by atoms with Gasteiger partial charge in [0.1, 0.15) is 16.5 Å². The maximum atomic E-state index is 13.0. The number of rotatable bonds is 5. The van der Waals surface area contributed by atoms with E-state index in [0.29, 0.717) is 18.2 Å². The number of ether oxygens (including phenoxy) is 1. The number of carbonyl (C=O) groups is 1. The highest BCUT2D eigenvalue weighted by Crippen LogP contribution is 2.30. The highest BCUT2D eigenvalue weighted by molar-refractivity contribution is 7.14. The second-order valence-electron chi connectivity index (χ2n) is 8.52. The van der Waals surface area contributed by atoms with Crippen LogP contribution in [0.3, 0.4) is 0 Å². The van der Waals surface area contributed by atoms with Gasteiger partial charge in [-0.25, -0.2) is 0 Å². The predicted octanol–water partition coefficient (Wildman–Crippen LogP) is 3.46. The largest absolute Gasteiger partial charge is 0.379 e. The first-order chi connectivity index (χ1) is 15.2. The Bertz CT molecular complexity index is 1070. The molecule has 0 amide bonds. The van der Waals surface area contributed by atoms with Crippen molar-refractivity contribution in [2.24, 2.45) is 5.92 Å². The number of ketones is 1. The summed E-state index contributed by atoms with van der Waals surface area (Å²) >= 11 is 1.53. The monoisotopic (exact) mass is 437 g/mol. The van der Waals surface area contributed by atoms with Crippen LogP contribution in [0.5, 0.6) is 0 Å². The van der Waals surface area contributed by atoms with Gasteiger partial charge in [-0.2, -0.15) is 0 Å². The number of pyridine rings is 2. The van der Waals surface area contributed by atoms with Crippen LogP contribution in [0, 0.1) is 12.8 Å². The number of hydrogen-bond donors (Lipinski definition) is 0. The third kappa shape index (κ3) is 4.66. The van der Waals surface area contributed by atoms with E-state index in [1.165, 1.54) is 11.3 Å². The van der Waals surface area contributed by atoms with E-state index in [-0.39, 0.29) is 5.92 Å². The Morgan fingerprint density at radius 3 is 2.58 bits per heavy atom. The van der Waals surface area contributed by atoms with E-state index in [1.807, 2.05) is 31.5 Å². The molecule has 2 fully saturated rings. The molecule has 0 bridgehead atoms. The summed E-state index contributed by atoms with van der Waals surface area (Å²) in [6.07, 6.45) is 8.22. The summed E-state index contributed by atoms with van der Waals surface area (Å²) in [5.74, 6) is 0.480. The van der Waals surface area contributed by atoms with Crippen molar-refractivity contribution >= 4 is 27.9 Å². The van der Waals surface area contributed by atoms with E-state index < -0.39 is 0 Å². The molecule has 0 atom stereocenters. The fourth-order valence-electron chi connectivity index (χ4n) is 4.73. The minimum Gasteiger partial charge on any atom is -0.379 e. The summed E-state index contributed by atoms with van der Waals surface area (Å²) in [6.45, 7) is 5.66. The molecule has 7 nitrogen and oxygen atoms in total. The average Bonchev–Trinajstić information content (AvgIpc) is 3.25. The molecule has 0 N–H and O–H groups in total. The maximum absolute atomic E-state index is 13.0. The van der Waals surface area contributed by atoms with Crippen LogP contribution in [-0.2, 0) is 16.0 Å². The van der Waals surface area contributed by atoms with Crippen molar-refractivity contribution in [2.45, 2.75) is 45.1 Å². The fraction of sp³-hybridized carbons (Fsp3) is 0.522. The molecule has 31 heavy (non-hydrogen) atoms. The highest BCUT2D eigenvalue weighted by atomic mass is 32.1. The molecule has 4 heterocycles. The van der Waals surface area contributed by atoms with Gasteiger partial charge in [0.05, 0.1) is 13.2 Å². The van der Waals surface area contributed by atoms with Crippen LogP contribution in [-0.4, -0.2) is 63.2 Å². The molecule has 0 aromatic carbocycles. The second-order valence-corrected chi connectivity index (χ2v) is 9.70. The summed E-state index contributed by atoms with van der Waals surface area (Å²) in [5.41, 5.74) is 1.64. The van der Waals surface area contributed by atoms with E-state index in [2.05, 4.69) is 25.1 Å². The average molecular weight is 438 g/mol. The lowest BCUT2D eigenvalue weighted by atomic mass is 9.81. The third-order valence-electron chi connectivity index (χ3n) is 6.47. The van der Waals surface area contributed by atoms with Crippen LogP contribution >= 0.6 is 11.3 Å². The number of Topliss-reactive ketones (excluding diaryl/α,β-unsaturated/α-hetero) is 1. The van der Waals surface area contributed by atoms with Gasteiger partial charge >= 0.3 is 0 Å². The summed E-state index contributed by atoms with van der Waals surface area (Å²) < 4.78 is 5.47. The summed E-state index contributed by atoms with van der Waals surface area (Å²) in [7, 11) is 0. The van der Waals surface area contributed by atoms with Gasteiger partial charge in [0, 0.05) is 54.9 Å². The van der Waals surface area contributed by atoms with Gasteiger partial charge in [-0.1, -0.05) is 11.3 Å². The van der Waals surface area contributed by atoms with Gasteiger partial charge in [-0.3, -0.25) is 19.7 Å². The van der Waals surface area contributed by atoms with Gasteiger partial charge in [0.25, 0.3) is 0 Å². The number of aromatic nitrogens is 4. The lowest BCUT2D eigenvalue weighted by Crippen LogP contribution is -2.45. The van der Waals surface area contributed by atoms with Crippen LogP contribution in [0.4, 0.5) is 0 Å². The summed E-state index contributed by atoms with van der Waals surface area (Å²) in [5, 5.41) is 12.0. The Balaban J connectivity index is 1.24. The zero-order valence-electron chi connectivity index (χ0n) is 17.8. The minimum absolute atomic E-state index is 0.159. The molecule has 1 aliphatic carbocycles. The van der Waals surface area contributed by atoms with Crippen LogP contribution in [0.2, 0.25) is 0 Å². The molecule has 3 aromatic heterocycles. The highest BCUT2D eigenvalue weighted by Gasteiger charge is 2.30. The Hall–Kier alpha value is -2.29. The number of morpholine rings is 1. The molecule has 1 saturated heterocycles. The first-order valence-electron chi connectivity index (χ1n) is 11.1. The molecule has 0 radical (unpaired) electrons. The van der Waals surface area contributed by atoms with Crippen molar-refractivity contribution < 1.29 is 9.53 Å². The number of carbonyl (C=O) groups excluding carboxylic acids is 1. The van der Waals surface area contributed by atoms with Crippen LogP contribution in [0.15, 0.2) is 24.5 Å². The molecular formula is C23H27N5O2S. The molecule has 162 valence electrons. The first kappa shape index (κ1) is 20.6. The van der Waals surface area contributed by atoms with E-state index in [0.717, 1.165) is 84.2 Å². The topological polar surface area (TPSA) is 81.1 Å². The van der Waals surface area contributed by atoms with Crippen molar-refractivity contribution in [3.63, 3.8) is 0 Å². The quantitative estimate of drug-likeness (QED) is 0.605. The Kier molecular flexibility index (Phi) is 6.02. The minimum atomic E-state index is 0.159. The van der Waals surface area contributed by atoms with Gasteiger partial charge in [-0.15, -0.1) is 10.2 Å². The molecule has 8 heteroatoms. The number of nitrogens with zero attached hydrogens (tertiary/aromatic N) is 5. The number of aryl methyl sites for hydroxylation is 1. The third-order valence-corrected chi connectivity index (χ3v) is 7.34. The zero-order valence-corrected chi connectivity index (χ0v) is 18.6. The molecule has 2 aliphatic rings. The van der Waals surface area contributed by atoms with Gasteiger partial charge in [0.15, 0.2) is 5.01 Å². The summed E-state index contributed by atoms with van der Waals surface area (Å²) in [4.78, 5) is 24.5. The summed E-state index contributed by atoms with van der Waals surface area (Å²) in [6, 6.07) is 4.64. The van der Waals surface area contributed by atoms with Crippen molar-refractivity contribution in [3.8, 4) is 10.7 Å². The normalized spacial score (nSPS) is 22.6.